The Morgan fingerprint density at radius 3 is 2.38 bits per heavy atom. The van der Waals surface area contributed by atoms with E-state index < -0.39 is 10.0 Å². The molecule has 154 valence electrons. The Hall–Kier alpha value is -2.18. The number of carbonyl (C=O) groups excluding carboxylic acids is 1. The zero-order chi connectivity index (χ0) is 20.4. The molecule has 0 aromatic heterocycles. The highest BCUT2D eigenvalue weighted by Gasteiger charge is 2.35. The summed E-state index contributed by atoms with van der Waals surface area (Å²) >= 11 is 0. The molecule has 0 radical (unpaired) electrons. The molecule has 1 amide bonds. The molecule has 1 aliphatic heterocycles. The average molecular weight is 413 g/mol. The van der Waals surface area contributed by atoms with Crippen LogP contribution in [0.1, 0.15) is 60.9 Å². The number of amides is 1. The molecule has 1 aliphatic carbocycles. The summed E-state index contributed by atoms with van der Waals surface area (Å²) in [6.07, 6.45) is 4.76. The molecule has 4 rings (SSSR count). The molecule has 1 saturated heterocycles. The predicted octanol–water partition coefficient (Wildman–Crippen LogP) is 3.93. The van der Waals surface area contributed by atoms with Crippen molar-refractivity contribution < 1.29 is 13.2 Å². The van der Waals surface area contributed by atoms with Crippen LogP contribution in [0.15, 0.2) is 59.5 Å². The second-order valence-electron chi connectivity index (χ2n) is 8.05. The SMILES string of the molecule is CC[C@H](c1ccccc1)[C@H]1CCCN1C(=O)c1ccc(S(=O)(=O)NC2CC2)cc1. The Bertz CT molecular complexity index is 953. The number of sulfonamides is 1. The summed E-state index contributed by atoms with van der Waals surface area (Å²) < 4.78 is 27.4. The van der Waals surface area contributed by atoms with Gasteiger partial charge in [0.15, 0.2) is 0 Å². The maximum Gasteiger partial charge on any atom is 0.254 e. The Balaban J connectivity index is 1.52. The van der Waals surface area contributed by atoms with E-state index in [0.717, 1.165) is 38.6 Å². The van der Waals surface area contributed by atoms with E-state index in [1.807, 2.05) is 23.1 Å². The van der Waals surface area contributed by atoms with Gasteiger partial charge in [0.1, 0.15) is 0 Å². The third-order valence-corrected chi connectivity index (χ3v) is 7.54. The van der Waals surface area contributed by atoms with E-state index in [9.17, 15) is 13.2 Å². The van der Waals surface area contributed by atoms with Gasteiger partial charge in [-0.15, -0.1) is 0 Å². The summed E-state index contributed by atoms with van der Waals surface area (Å²) in [4.78, 5) is 15.4. The van der Waals surface area contributed by atoms with Gasteiger partial charge in [0.05, 0.1) is 4.90 Å². The van der Waals surface area contributed by atoms with Gasteiger partial charge in [-0.2, -0.15) is 0 Å². The van der Waals surface area contributed by atoms with Crippen LogP contribution in [0, 0.1) is 0 Å². The van der Waals surface area contributed by atoms with Crippen LogP contribution >= 0.6 is 0 Å². The van der Waals surface area contributed by atoms with Crippen LogP contribution in [-0.2, 0) is 10.0 Å². The van der Waals surface area contributed by atoms with Crippen molar-refractivity contribution in [2.45, 2.75) is 61.9 Å². The lowest BCUT2D eigenvalue weighted by Gasteiger charge is -2.31. The fourth-order valence-corrected chi connectivity index (χ4v) is 5.63. The minimum atomic E-state index is -3.50. The third-order valence-electron chi connectivity index (χ3n) is 6.00. The van der Waals surface area contributed by atoms with Gasteiger partial charge >= 0.3 is 0 Å². The third kappa shape index (κ3) is 4.38. The molecule has 5 nitrogen and oxygen atoms in total. The summed E-state index contributed by atoms with van der Waals surface area (Å²) in [7, 11) is -3.50. The standard InChI is InChI=1S/C23H28N2O3S/c1-2-21(17-7-4-3-5-8-17)22-9-6-16-25(22)23(26)18-10-14-20(15-11-18)29(27,28)24-19-12-13-19/h3-5,7-8,10-11,14-15,19,21-22,24H,2,6,9,12-13,16H2,1H3/t21-,22-/m1/s1. The quantitative estimate of drug-likeness (QED) is 0.749. The predicted molar refractivity (Wildman–Crippen MR) is 113 cm³/mol. The maximum atomic E-state index is 13.2. The first kappa shape index (κ1) is 20.1. The summed E-state index contributed by atoms with van der Waals surface area (Å²) in [5.74, 6) is 0.297. The van der Waals surface area contributed by atoms with Crippen LogP contribution < -0.4 is 4.72 Å². The van der Waals surface area contributed by atoms with Gasteiger partial charge in [0.2, 0.25) is 10.0 Å². The summed E-state index contributed by atoms with van der Waals surface area (Å²) in [5.41, 5.74) is 1.82. The van der Waals surface area contributed by atoms with Gasteiger partial charge in [-0.1, -0.05) is 37.3 Å². The van der Waals surface area contributed by atoms with E-state index in [1.54, 1.807) is 12.1 Å². The molecule has 29 heavy (non-hydrogen) atoms. The highest BCUT2D eigenvalue weighted by molar-refractivity contribution is 7.89. The van der Waals surface area contributed by atoms with Crippen molar-refractivity contribution in [3.63, 3.8) is 0 Å². The molecule has 6 heteroatoms. The van der Waals surface area contributed by atoms with Gasteiger partial charge in [0.25, 0.3) is 5.91 Å². The number of carbonyl (C=O) groups is 1. The first-order chi connectivity index (χ1) is 14.0. The van der Waals surface area contributed by atoms with E-state index >= 15 is 0 Å². The molecule has 2 aliphatic rings. The van der Waals surface area contributed by atoms with Crippen molar-refractivity contribution >= 4 is 15.9 Å². The number of likely N-dealkylation sites (tertiary alicyclic amines) is 1. The fraction of sp³-hybridized carbons (Fsp3) is 0.435. The van der Waals surface area contributed by atoms with Gasteiger partial charge in [0, 0.05) is 30.1 Å². The van der Waals surface area contributed by atoms with E-state index in [4.69, 9.17) is 0 Å². The van der Waals surface area contributed by atoms with Crippen molar-refractivity contribution in [2.75, 3.05) is 6.54 Å². The zero-order valence-electron chi connectivity index (χ0n) is 16.8. The first-order valence-corrected chi connectivity index (χ1v) is 12.0. The second-order valence-corrected chi connectivity index (χ2v) is 9.77. The molecule has 2 aromatic rings. The summed E-state index contributed by atoms with van der Waals surface area (Å²) in [5, 5.41) is 0. The number of hydrogen-bond donors (Lipinski definition) is 1. The molecule has 1 saturated carbocycles. The normalized spacial score (nSPS) is 20.6. The molecule has 2 aromatic carbocycles. The largest absolute Gasteiger partial charge is 0.335 e. The van der Waals surface area contributed by atoms with Crippen LogP contribution in [0.4, 0.5) is 0 Å². The lowest BCUT2D eigenvalue weighted by molar-refractivity contribution is 0.0714. The molecule has 1 heterocycles. The molecule has 0 spiro atoms. The van der Waals surface area contributed by atoms with Crippen LogP contribution in [0.25, 0.3) is 0 Å². The van der Waals surface area contributed by atoms with Gasteiger partial charge < -0.3 is 4.90 Å². The molecular formula is C23H28N2O3S. The van der Waals surface area contributed by atoms with Gasteiger partial charge in [-0.3, -0.25) is 4.79 Å². The highest BCUT2D eigenvalue weighted by Crippen LogP contribution is 2.34. The summed E-state index contributed by atoms with van der Waals surface area (Å²) in [6.45, 7) is 2.92. The molecule has 1 N–H and O–H groups in total. The first-order valence-electron chi connectivity index (χ1n) is 10.5. The van der Waals surface area contributed by atoms with Crippen LogP contribution in [0.5, 0.6) is 0 Å². The van der Waals surface area contributed by atoms with E-state index in [0.29, 0.717) is 11.5 Å². The average Bonchev–Trinajstić information content (AvgIpc) is 3.41. The van der Waals surface area contributed by atoms with E-state index in [2.05, 4.69) is 23.8 Å². The van der Waals surface area contributed by atoms with E-state index in [1.165, 1.54) is 17.7 Å². The summed E-state index contributed by atoms with van der Waals surface area (Å²) in [6, 6.07) is 17.0. The lowest BCUT2D eigenvalue weighted by Crippen LogP contribution is -2.39. The van der Waals surface area contributed by atoms with Gasteiger partial charge in [-0.25, -0.2) is 13.1 Å². The molecular weight excluding hydrogens is 384 g/mol. The molecule has 2 atom stereocenters. The lowest BCUT2D eigenvalue weighted by atomic mass is 9.87. The van der Waals surface area contributed by atoms with Crippen LogP contribution in [-0.4, -0.2) is 37.9 Å². The van der Waals surface area contributed by atoms with Crippen LogP contribution in [0.3, 0.4) is 0 Å². The second kappa shape index (κ2) is 8.28. The fourth-order valence-electron chi connectivity index (χ4n) is 4.32. The van der Waals surface area contributed by atoms with Gasteiger partial charge in [-0.05, 0) is 61.9 Å². The van der Waals surface area contributed by atoms with Crippen molar-refractivity contribution in [1.29, 1.82) is 0 Å². The topological polar surface area (TPSA) is 66.5 Å². The van der Waals surface area contributed by atoms with Crippen molar-refractivity contribution in [2.24, 2.45) is 0 Å². The number of benzene rings is 2. The Labute approximate surface area is 173 Å². The molecule has 2 fully saturated rings. The Morgan fingerprint density at radius 2 is 1.76 bits per heavy atom. The van der Waals surface area contributed by atoms with Crippen LogP contribution in [0.2, 0.25) is 0 Å². The minimum Gasteiger partial charge on any atom is -0.335 e. The Morgan fingerprint density at radius 1 is 1.07 bits per heavy atom. The maximum absolute atomic E-state index is 13.2. The van der Waals surface area contributed by atoms with Crippen molar-refractivity contribution in [3.05, 3.63) is 65.7 Å². The number of nitrogens with one attached hydrogen (secondary N) is 1. The monoisotopic (exact) mass is 412 g/mol. The minimum absolute atomic E-state index is 0.0130. The molecule has 0 bridgehead atoms. The van der Waals surface area contributed by atoms with Crippen molar-refractivity contribution in [1.82, 2.24) is 9.62 Å². The smallest absolute Gasteiger partial charge is 0.254 e. The number of rotatable bonds is 7. The molecule has 0 unspecified atom stereocenters. The number of hydrogen-bond acceptors (Lipinski definition) is 3. The van der Waals surface area contributed by atoms with E-state index in [-0.39, 0.29) is 22.9 Å². The zero-order valence-corrected chi connectivity index (χ0v) is 17.6. The Kier molecular flexibility index (Phi) is 5.74. The van der Waals surface area contributed by atoms with Crippen molar-refractivity contribution in [3.8, 4) is 0 Å². The number of nitrogens with zero attached hydrogens (tertiary/aromatic N) is 1. The highest BCUT2D eigenvalue weighted by atomic mass is 32.2.